The van der Waals surface area contributed by atoms with Gasteiger partial charge < -0.3 is 26.2 Å². The Hall–Kier alpha value is -3.30. The maximum Gasteiger partial charge on any atom is 0.232 e. The summed E-state index contributed by atoms with van der Waals surface area (Å²) in [5, 5.41) is 6.64. The van der Waals surface area contributed by atoms with Gasteiger partial charge in [-0.1, -0.05) is 25.1 Å². The molecule has 1 aliphatic heterocycles. The van der Waals surface area contributed by atoms with Gasteiger partial charge in [0.05, 0.1) is 6.54 Å². The van der Waals surface area contributed by atoms with Gasteiger partial charge in [-0.2, -0.15) is 15.0 Å². The molecule has 0 amide bonds. The number of hydrogen-bond acceptors (Lipinski definition) is 8. The van der Waals surface area contributed by atoms with Crippen molar-refractivity contribution in [2.24, 2.45) is 0 Å². The third-order valence-corrected chi connectivity index (χ3v) is 6.27. The molecule has 0 aliphatic carbocycles. The van der Waals surface area contributed by atoms with Crippen molar-refractivity contribution in [3.8, 4) is 0 Å². The second kappa shape index (κ2) is 10.8. The molecule has 3 aromatic rings. The number of benzene rings is 2. The second-order valence-corrected chi connectivity index (χ2v) is 8.60. The van der Waals surface area contributed by atoms with Crippen LogP contribution in [-0.2, 0) is 6.54 Å². The van der Waals surface area contributed by atoms with E-state index in [1.54, 1.807) is 6.07 Å². The van der Waals surface area contributed by atoms with E-state index in [1.165, 1.54) is 6.07 Å². The Bertz CT molecular complexity index is 1110. The molecule has 9 heteroatoms. The molecule has 8 nitrogen and oxygen atoms in total. The first-order chi connectivity index (χ1) is 16.4. The number of aryl methyl sites for hydroxylation is 1. The molecule has 1 atom stereocenters. The van der Waals surface area contributed by atoms with Gasteiger partial charge >= 0.3 is 0 Å². The maximum absolute atomic E-state index is 14.2. The normalized spacial score (nSPS) is 15.4. The summed E-state index contributed by atoms with van der Waals surface area (Å²) in [7, 11) is 0. The number of nitrogens with zero attached hydrogens (tertiary/aromatic N) is 5. The molecule has 0 bridgehead atoms. The fourth-order valence-electron chi connectivity index (χ4n) is 4.23. The first-order valence-electron chi connectivity index (χ1n) is 11.8. The molecular formula is C25H33FN8. The largest absolute Gasteiger partial charge is 0.369 e. The van der Waals surface area contributed by atoms with Gasteiger partial charge in [0.2, 0.25) is 11.9 Å². The summed E-state index contributed by atoms with van der Waals surface area (Å²) in [6.07, 6.45) is 0. The van der Waals surface area contributed by atoms with Crippen LogP contribution >= 0.6 is 0 Å². The first-order valence-corrected chi connectivity index (χ1v) is 11.8. The van der Waals surface area contributed by atoms with Crippen molar-refractivity contribution in [1.82, 2.24) is 25.2 Å². The lowest BCUT2D eigenvalue weighted by molar-refractivity contribution is 0.271. The minimum atomic E-state index is -0.242. The predicted molar refractivity (Wildman–Crippen MR) is 135 cm³/mol. The Morgan fingerprint density at radius 1 is 1.06 bits per heavy atom. The topological polar surface area (TPSA) is 95.2 Å². The third kappa shape index (κ3) is 5.78. The van der Waals surface area contributed by atoms with E-state index >= 15 is 0 Å². The number of aromatic nitrogens is 3. The molecule has 2 aromatic carbocycles. The minimum Gasteiger partial charge on any atom is -0.369 e. The number of rotatable bonds is 8. The standard InChI is InChI=1S/C25H33FN8/c1-4-33-11-13-34(14-12-33)22-10-9-19(26)15-20(22)18(3)28-16-23-30-24(27)32-25(31-23)29-21-8-6-5-7-17(21)2/h5-10,15,18,28H,4,11-14,16H2,1-3H3,(H3,27,29,30,31,32). The molecule has 180 valence electrons. The van der Waals surface area contributed by atoms with Gasteiger partial charge in [0, 0.05) is 43.6 Å². The number of likely N-dealkylation sites (N-methyl/N-ethyl adjacent to an activating group) is 1. The van der Waals surface area contributed by atoms with Crippen molar-refractivity contribution in [2.75, 3.05) is 48.7 Å². The molecule has 0 saturated carbocycles. The fourth-order valence-corrected chi connectivity index (χ4v) is 4.23. The lowest BCUT2D eigenvalue weighted by Gasteiger charge is -2.37. The quantitative estimate of drug-likeness (QED) is 0.465. The van der Waals surface area contributed by atoms with Gasteiger partial charge in [0.15, 0.2) is 0 Å². The van der Waals surface area contributed by atoms with Crippen molar-refractivity contribution < 1.29 is 4.39 Å². The Kier molecular flexibility index (Phi) is 7.54. The lowest BCUT2D eigenvalue weighted by Crippen LogP contribution is -2.46. The van der Waals surface area contributed by atoms with Crippen LogP contribution in [-0.4, -0.2) is 52.6 Å². The van der Waals surface area contributed by atoms with E-state index in [9.17, 15) is 4.39 Å². The number of halogens is 1. The fraction of sp³-hybridized carbons (Fsp3) is 0.400. The van der Waals surface area contributed by atoms with Crippen molar-refractivity contribution in [2.45, 2.75) is 33.4 Å². The van der Waals surface area contributed by atoms with Crippen molar-refractivity contribution in [3.05, 3.63) is 65.2 Å². The van der Waals surface area contributed by atoms with E-state index in [4.69, 9.17) is 5.73 Å². The van der Waals surface area contributed by atoms with Crippen LogP contribution in [0.3, 0.4) is 0 Å². The van der Waals surface area contributed by atoms with Crippen LogP contribution in [0.2, 0.25) is 0 Å². The van der Waals surface area contributed by atoms with Crippen LogP contribution in [0.1, 0.15) is 36.8 Å². The first kappa shape index (κ1) is 23.8. The van der Waals surface area contributed by atoms with Gasteiger partial charge in [-0.05, 0) is 55.8 Å². The molecule has 0 spiro atoms. The van der Waals surface area contributed by atoms with Gasteiger partial charge in [-0.25, -0.2) is 4.39 Å². The van der Waals surface area contributed by atoms with Crippen molar-refractivity contribution in [3.63, 3.8) is 0 Å². The monoisotopic (exact) mass is 464 g/mol. The van der Waals surface area contributed by atoms with Crippen LogP contribution in [0.5, 0.6) is 0 Å². The SMILES string of the molecule is CCN1CCN(c2ccc(F)cc2C(C)NCc2nc(N)nc(Nc3ccccc3C)n2)CC1. The zero-order valence-electron chi connectivity index (χ0n) is 20.1. The van der Waals surface area contributed by atoms with E-state index in [-0.39, 0.29) is 17.8 Å². The molecule has 4 N–H and O–H groups in total. The summed E-state index contributed by atoms with van der Waals surface area (Å²) in [5.41, 5.74) is 9.92. The number of hydrogen-bond donors (Lipinski definition) is 3. The molecule has 1 aromatic heterocycles. The van der Waals surface area contributed by atoms with E-state index in [1.807, 2.05) is 44.2 Å². The smallest absolute Gasteiger partial charge is 0.232 e. The van der Waals surface area contributed by atoms with E-state index in [0.717, 1.165) is 55.2 Å². The van der Waals surface area contributed by atoms with E-state index < -0.39 is 0 Å². The highest BCUT2D eigenvalue weighted by Gasteiger charge is 2.21. The van der Waals surface area contributed by atoms with Crippen LogP contribution in [0.4, 0.5) is 27.7 Å². The zero-order valence-corrected chi connectivity index (χ0v) is 20.1. The number of nitrogens with two attached hydrogens (primary N) is 1. The molecule has 1 fully saturated rings. The number of anilines is 4. The summed E-state index contributed by atoms with van der Waals surface area (Å²) in [5.74, 6) is 0.820. The van der Waals surface area contributed by atoms with Crippen molar-refractivity contribution >= 4 is 23.3 Å². The van der Waals surface area contributed by atoms with Gasteiger partial charge in [0.25, 0.3) is 0 Å². The second-order valence-electron chi connectivity index (χ2n) is 8.60. The number of nitrogen functional groups attached to an aromatic ring is 1. The summed E-state index contributed by atoms with van der Waals surface area (Å²) < 4.78 is 14.2. The molecule has 4 rings (SSSR count). The molecular weight excluding hydrogens is 431 g/mol. The Balaban J connectivity index is 1.47. The Morgan fingerprint density at radius 3 is 2.56 bits per heavy atom. The van der Waals surface area contributed by atoms with E-state index in [0.29, 0.717) is 18.3 Å². The molecule has 34 heavy (non-hydrogen) atoms. The summed E-state index contributed by atoms with van der Waals surface area (Å²) in [4.78, 5) is 17.8. The summed E-state index contributed by atoms with van der Waals surface area (Å²) in [6, 6.07) is 12.8. The average molecular weight is 465 g/mol. The summed E-state index contributed by atoms with van der Waals surface area (Å²) >= 11 is 0. The maximum atomic E-state index is 14.2. The summed E-state index contributed by atoms with van der Waals surface area (Å²) in [6.45, 7) is 11.5. The van der Waals surface area contributed by atoms with Crippen LogP contribution < -0.4 is 21.3 Å². The molecule has 0 radical (unpaired) electrons. The van der Waals surface area contributed by atoms with E-state index in [2.05, 4.69) is 42.3 Å². The Labute approximate surface area is 200 Å². The van der Waals surface area contributed by atoms with Gasteiger partial charge in [-0.3, -0.25) is 0 Å². The molecule has 1 saturated heterocycles. The van der Waals surface area contributed by atoms with Gasteiger partial charge in [0.1, 0.15) is 11.6 Å². The highest BCUT2D eigenvalue weighted by atomic mass is 19.1. The number of piperazine rings is 1. The molecule has 1 unspecified atom stereocenters. The highest BCUT2D eigenvalue weighted by molar-refractivity contribution is 5.58. The lowest BCUT2D eigenvalue weighted by atomic mass is 10.0. The Morgan fingerprint density at radius 2 is 1.82 bits per heavy atom. The third-order valence-electron chi connectivity index (χ3n) is 6.27. The van der Waals surface area contributed by atoms with Crippen LogP contribution in [0.15, 0.2) is 42.5 Å². The van der Waals surface area contributed by atoms with Gasteiger partial charge in [-0.15, -0.1) is 0 Å². The number of para-hydroxylation sites is 1. The van der Waals surface area contributed by atoms with Crippen molar-refractivity contribution in [1.29, 1.82) is 0 Å². The van der Waals surface area contributed by atoms with Crippen LogP contribution in [0, 0.1) is 12.7 Å². The highest BCUT2D eigenvalue weighted by Crippen LogP contribution is 2.28. The van der Waals surface area contributed by atoms with Crippen LogP contribution in [0.25, 0.3) is 0 Å². The average Bonchev–Trinajstić information content (AvgIpc) is 2.84. The molecule has 1 aliphatic rings. The number of nitrogens with one attached hydrogen (secondary N) is 2. The molecule has 2 heterocycles. The zero-order chi connectivity index (χ0) is 24.1. The minimum absolute atomic E-state index is 0.110. The predicted octanol–water partition coefficient (Wildman–Crippen LogP) is 3.64.